The van der Waals surface area contributed by atoms with Crippen molar-refractivity contribution in [2.75, 3.05) is 13.2 Å². The first-order valence-electron chi connectivity index (χ1n) is 12.5. The molecule has 2 aromatic rings. The van der Waals surface area contributed by atoms with Crippen molar-refractivity contribution in [2.45, 2.75) is 89.1 Å². The van der Waals surface area contributed by atoms with Crippen molar-refractivity contribution in [1.82, 2.24) is 0 Å². The van der Waals surface area contributed by atoms with Gasteiger partial charge in [-0.05, 0) is 57.1 Å². The van der Waals surface area contributed by atoms with Gasteiger partial charge in [0.05, 0.1) is 12.7 Å². The molecule has 2 saturated heterocycles. The van der Waals surface area contributed by atoms with Crippen LogP contribution < -0.4 is 0 Å². The number of hydrogen-bond donors (Lipinski definition) is 1. The van der Waals surface area contributed by atoms with Crippen LogP contribution in [0.25, 0.3) is 0 Å². The van der Waals surface area contributed by atoms with Crippen LogP contribution in [-0.2, 0) is 30.3 Å². The molecule has 2 heterocycles. The van der Waals surface area contributed by atoms with Crippen LogP contribution in [0.2, 0.25) is 0 Å². The third kappa shape index (κ3) is 7.11. The van der Waals surface area contributed by atoms with E-state index in [0.29, 0.717) is 19.6 Å². The van der Waals surface area contributed by atoms with Crippen molar-refractivity contribution in [1.29, 1.82) is 0 Å². The van der Waals surface area contributed by atoms with Crippen LogP contribution in [0, 0.1) is 0 Å². The van der Waals surface area contributed by atoms with Gasteiger partial charge in [-0.2, -0.15) is 0 Å². The first-order chi connectivity index (χ1) is 16.5. The SMILES string of the molecule is CC1(C)O[C@@H]([C@@H](OCc2ccccc2)c2ccccc2)[C@@H]([C@@H](O)CCCOC2CCCCO2)O1. The molecule has 6 nitrogen and oxygen atoms in total. The Hall–Kier alpha value is -1.80. The molecule has 1 N–H and O–H groups in total. The lowest BCUT2D eigenvalue weighted by molar-refractivity contribution is -0.167. The van der Waals surface area contributed by atoms with Crippen LogP contribution in [0.5, 0.6) is 0 Å². The highest BCUT2D eigenvalue weighted by Crippen LogP contribution is 2.39. The topological polar surface area (TPSA) is 66.4 Å². The molecule has 5 atom stereocenters. The summed E-state index contributed by atoms with van der Waals surface area (Å²) in [6.07, 6.45) is 2.30. The number of aliphatic hydroxyl groups excluding tert-OH is 1. The number of aliphatic hydroxyl groups is 1. The summed E-state index contributed by atoms with van der Waals surface area (Å²) in [5.74, 6) is -0.814. The Morgan fingerprint density at radius 2 is 1.68 bits per heavy atom. The summed E-state index contributed by atoms with van der Waals surface area (Å²) in [7, 11) is 0. The minimum Gasteiger partial charge on any atom is -0.390 e. The average molecular weight is 471 g/mol. The molecule has 0 radical (unpaired) electrons. The van der Waals surface area contributed by atoms with Crippen molar-refractivity contribution in [2.24, 2.45) is 0 Å². The minimum atomic E-state index is -0.814. The van der Waals surface area contributed by atoms with Crippen LogP contribution in [-0.4, -0.2) is 48.7 Å². The molecule has 2 aliphatic rings. The number of hydrogen-bond acceptors (Lipinski definition) is 6. The largest absolute Gasteiger partial charge is 0.390 e. The summed E-state index contributed by atoms with van der Waals surface area (Å²) < 4.78 is 30.4. The molecule has 2 fully saturated rings. The van der Waals surface area contributed by atoms with Crippen molar-refractivity contribution >= 4 is 0 Å². The van der Waals surface area contributed by atoms with E-state index in [9.17, 15) is 5.11 Å². The number of ether oxygens (including phenoxy) is 5. The Morgan fingerprint density at radius 3 is 2.38 bits per heavy atom. The Morgan fingerprint density at radius 1 is 0.971 bits per heavy atom. The second kappa shape index (κ2) is 12.2. The molecule has 0 aromatic heterocycles. The molecule has 0 amide bonds. The Labute approximate surface area is 203 Å². The predicted molar refractivity (Wildman–Crippen MR) is 129 cm³/mol. The zero-order chi connectivity index (χ0) is 23.8. The third-order valence-electron chi connectivity index (χ3n) is 6.33. The maximum atomic E-state index is 11.1. The molecule has 4 rings (SSSR count). The summed E-state index contributed by atoms with van der Waals surface area (Å²) in [6, 6.07) is 20.1. The molecule has 0 aliphatic carbocycles. The maximum absolute atomic E-state index is 11.1. The lowest BCUT2D eigenvalue weighted by Gasteiger charge is -2.29. The van der Waals surface area contributed by atoms with Gasteiger partial charge in [-0.1, -0.05) is 60.7 Å². The van der Waals surface area contributed by atoms with Gasteiger partial charge in [0.2, 0.25) is 0 Å². The predicted octanol–water partition coefficient (Wildman–Crippen LogP) is 5.15. The molecule has 2 aliphatic heterocycles. The second-order valence-corrected chi connectivity index (χ2v) is 9.57. The molecule has 6 heteroatoms. The van der Waals surface area contributed by atoms with Gasteiger partial charge in [0.25, 0.3) is 0 Å². The van der Waals surface area contributed by atoms with Gasteiger partial charge in [-0.25, -0.2) is 0 Å². The summed E-state index contributed by atoms with van der Waals surface area (Å²) in [4.78, 5) is 0. The lowest BCUT2D eigenvalue weighted by Crippen LogP contribution is -2.40. The summed E-state index contributed by atoms with van der Waals surface area (Å²) in [5, 5.41) is 11.1. The van der Waals surface area contributed by atoms with E-state index in [1.807, 2.05) is 74.5 Å². The van der Waals surface area contributed by atoms with Gasteiger partial charge >= 0.3 is 0 Å². The Kier molecular flexibility index (Phi) is 9.11. The van der Waals surface area contributed by atoms with E-state index in [4.69, 9.17) is 23.7 Å². The van der Waals surface area contributed by atoms with Gasteiger partial charge in [0, 0.05) is 13.2 Å². The summed E-state index contributed by atoms with van der Waals surface area (Å²) in [5.41, 5.74) is 2.08. The van der Waals surface area contributed by atoms with Crippen LogP contribution >= 0.6 is 0 Å². The monoisotopic (exact) mass is 470 g/mol. The van der Waals surface area contributed by atoms with Crippen molar-refractivity contribution in [3.63, 3.8) is 0 Å². The highest BCUT2D eigenvalue weighted by Gasteiger charge is 2.48. The molecule has 0 bridgehead atoms. The third-order valence-corrected chi connectivity index (χ3v) is 6.33. The fourth-order valence-electron chi connectivity index (χ4n) is 4.65. The smallest absolute Gasteiger partial charge is 0.164 e. The van der Waals surface area contributed by atoms with Crippen LogP contribution in [0.3, 0.4) is 0 Å². The van der Waals surface area contributed by atoms with Crippen molar-refractivity contribution < 1.29 is 28.8 Å². The molecule has 0 spiro atoms. The van der Waals surface area contributed by atoms with Crippen molar-refractivity contribution in [3.05, 3.63) is 71.8 Å². The Balaban J connectivity index is 1.41. The lowest BCUT2D eigenvalue weighted by atomic mass is 9.95. The molecule has 1 unspecified atom stereocenters. The quantitative estimate of drug-likeness (QED) is 0.458. The molecular weight excluding hydrogens is 432 g/mol. The number of rotatable bonds is 11. The summed E-state index contributed by atoms with van der Waals surface area (Å²) in [6.45, 7) is 5.53. The highest BCUT2D eigenvalue weighted by atomic mass is 16.8. The zero-order valence-electron chi connectivity index (χ0n) is 20.3. The molecular formula is C28H38O6. The van der Waals surface area contributed by atoms with E-state index in [1.165, 1.54) is 0 Å². The molecule has 34 heavy (non-hydrogen) atoms. The van der Waals surface area contributed by atoms with Gasteiger partial charge < -0.3 is 28.8 Å². The maximum Gasteiger partial charge on any atom is 0.164 e. The first-order valence-corrected chi connectivity index (χ1v) is 12.5. The van der Waals surface area contributed by atoms with E-state index in [0.717, 1.165) is 43.4 Å². The van der Waals surface area contributed by atoms with Gasteiger partial charge in [0.15, 0.2) is 12.1 Å². The van der Waals surface area contributed by atoms with Crippen LogP contribution in [0.4, 0.5) is 0 Å². The van der Waals surface area contributed by atoms with Crippen molar-refractivity contribution in [3.8, 4) is 0 Å². The molecule has 2 aromatic carbocycles. The van der Waals surface area contributed by atoms with E-state index >= 15 is 0 Å². The second-order valence-electron chi connectivity index (χ2n) is 9.57. The fraction of sp³-hybridized carbons (Fsp3) is 0.571. The highest BCUT2D eigenvalue weighted by molar-refractivity contribution is 5.21. The van der Waals surface area contributed by atoms with E-state index in [1.54, 1.807) is 0 Å². The standard InChI is InChI=1S/C28H38O6/c1-28(2)33-26(23(29)16-11-19-31-24-17-9-10-18-30-24)27(34-28)25(22-14-7-4-8-15-22)32-20-21-12-5-3-6-13-21/h3-8,12-15,23-27,29H,9-11,16-20H2,1-2H3/t23-,24?,25-,26+,27-/m0/s1. The van der Waals surface area contributed by atoms with E-state index in [2.05, 4.69) is 0 Å². The Bertz CT molecular complexity index is 836. The molecule has 0 saturated carbocycles. The minimum absolute atomic E-state index is 0.113. The fourth-order valence-corrected chi connectivity index (χ4v) is 4.65. The van der Waals surface area contributed by atoms with Gasteiger partial charge in [-0.15, -0.1) is 0 Å². The number of benzene rings is 2. The van der Waals surface area contributed by atoms with Crippen LogP contribution in [0.15, 0.2) is 60.7 Å². The average Bonchev–Trinajstić information content (AvgIpc) is 3.19. The zero-order valence-corrected chi connectivity index (χ0v) is 20.3. The first kappa shape index (κ1) is 25.3. The van der Waals surface area contributed by atoms with Gasteiger partial charge in [0.1, 0.15) is 18.3 Å². The van der Waals surface area contributed by atoms with Crippen LogP contribution in [0.1, 0.15) is 63.2 Å². The molecule has 186 valence electrons. The summed E-state index contributed by atoms with van der Waals surface area (Å²) >= 11 is 0. The van der Waals surface area contributed by atoms with E-state index < -0.39 is 24.1 Å². The normalized spacial score (nSPS) is 26.3. The van der Waals surface area contributed by atoms with Gasteiger partial charge in [-0.3, -0.25) is 0 Å². The van der Waals surface area contributed by atoms with E-state index in [-0.39, 0.29) is 12.4 Å².